The van der Waals surface area contributed by atoms with Crippen LogP contribution in [0.5, 0.6) is 0 Å². The third-order valence-corrected chi connectivity index (χ3v) is 4.50. The van der Waals surface area contributed by atoms with Gasteiger partial charge in [-0.25, -0.2) is 0 Å². The van der Waals surface area contributed by atoms with Crippen LogP contribution in [0.25, 0.3) is 0 Å². The summed E-state index contributed by atoms with van der Waals surface area (Å²) < 4.78 is 1.98. The van der Waals surface area contributed by atoms with Crippen LogP contribution >= 0.6 is 11.8 Å². The Balaban J connectivity index is 1.93. The van der Waals surface area contributed by atoms with Crippen molar-refractivity contribution in [1.82, 2.24) is 15.1 Å². The van der Waals surface area contributed by atoms with Gasteiger partial charge in [0.25, 0.3) is 0 Å². The third kappa shape index (κ3) is 2.61. The smallest absolute Gasteiger partial charge is 0.0641 e. The molecule has 1 aromatic rings. The first kappa shape index (κ1) is 12.0. The first-order valence-electron chi connectivity index (χ1n) is 5.98. The predicted octanol–water partition coefficient (Wildman–Crippen LogP) is 2.02. The highest BCUT2D eigenvalue weighted by Gasteiger charge is 2.15. The molecule has 0 amide bonds. The number of thioether (sulfide) groups is 1. The monoisotopic (exact) mass is 239 g/mol. The summed E-state index contributed by atoms with van der Waals surface area (Å²) in [5, 5.41) is 8.11. The summed E-state index contributed by atoms with van der Waals surface area (Å²) in [6.07, 6.45) is 2.62. The lowest BCUT2D eigenvalue weighted by atomic mass is 10.1. The normalized spacial score (nSPS) is 17.9. The maximum Gasteiger partial charge on any atom is 0.0641 e. The van der Waals surface area contributed by atoms with Gasteiger partial charge in [0, 0.05) is 30.9 Å². The number of nitrogens with zero attached hydrogens (tertiary/aromatic N) is 2. The van der Waals surface area contributed by atoms with Crippen LogP contribution < -0.4 is 5.32 Å². The van der Waals surface area contributed by atoms with E-state index >= 15 is 0 Å². The van der Waals surface area contributed by atoms with Gasteiger partial charge in [-0.3, -0.25) is 4.68 Å². The first-order valence-corrected chi connectivity index (χ1v) is 7.14. The number of hydrogen-bond donors (Lipinski definition) is 1. The van der Waals surface area contributed by atoms with Gasteiger partial charge in [-0.2, -0.15) is 16.9 Å². The van der Waals surface area contributed by atoms with Crippen molar-refractivity contribution in [2.75, 3.05) is 11.5 Å². The van der Waals surface area contributed by atoms with Crippen LogP contribution in [-0.2, 0) is 13.6 Å². The zero-order chi connectivity index (χ0) is 11.5. The highest BCUT2D eigenvalue weighted by Crippen LogP contribution is 2.18. The van der Waals surface area contributed by atoms with Gasteiger partial charge in [-0.1, -0.05) is 0 Å². The molecular weight excluding hydrogens is 218 g/mol. The lowest BCUT2D eigenvalue weighted by molar-refractivity contribution is 0.481. The molecule has 1 fully saturated rings. The quantitative estimate of drug-likeness (QED) is 0.875. The van der Waals surface area contributed by atoms with E-state index in [1.165, 1.54) is 35.6 Å². The molecule has 0 spiro atoms. The number of aryl methyl sites for hydroxylation is 2. The van der Waals surface area contributed by atoms with Crippen LogP contribution in [0, 0.1) is 13.8 Å². The van der Waals surface area contributed by atoms with E-state index in [2.05, 4.69) is 36.0 Å². The molecule has 1 aromatic heterocycles. The molecule has 0 bridgehead atoms. The van der Waals surface area contributed by atoms with Crippen molar-refractivity contribution in [1.29, 1.82) is 0 Å². The summed E-state index contributed by atoms with van der Waals surface area (Å²) in [4.78, 5) is 0. The minimum atomic E-state index is 0.709. The molecule has 1 aliphatic heterocycles. The third-order valence-electron chi connectivity index (χ3n) is 3.45. The summed E-state index contributed by atoms with van der Waals surface area (Å²) in [6, 6.07) is 0.709. The van der Waals surface area contributed by atoms with Crippen LogP contribution in [-0.4, -0.2) is 27.3 Å². The highest BCUT2D eigenvalue weighted by atomic mass is 32.2. The second kappa shape index (κ2) is 5.23. The molecule has 3 nitrogen and oxygen atoms in total. The molecule has 1 N–H and O–H groups in total. The van der Waals surface area contributed by atoms with E-state index < -0.39 is 0 Å². The van der Waals surface area contributed by atoms with Gasteiger partial charge in [0.2, 0.25) is 0 Å². The zero-order valence-electron chi connectivity index (χ0n) is 10.4. The minimum absolute atomic E-state index is 0.709. The molecule has 0 saturated carbocycles. The van der Waals surface area contributed by atoms with Crippen LogP contribution in [0.3, 0.4) is 0 Å². The maximum absolute atomic E-state index is 4.45. The fourth-order valence-electron chi connectivity index (χ4n) is 2.22. The molecule has 4 heteroatoms. The van der Waals surface area contributed by atoms with E-state index in [9.17, 15) is 0 Å². The molecule has 2 heterocycles. The lowest BCUT2D eigenvalue weighted by Gasteiger charge is -2.22. The molecular formula is C12H21N3S. The van der Waals surface area contributed by atoms with Crippen LogP contribution in [0.2, 0.25) is 0 Å². The maximum atomic E-state index is 4.45. The molecule has 0 atom stereocenters. The minimum Gasteiger partial charge on any atom is -0.310 e. The standard InChI is InChI=1S/C12H21N3S/c1-9-12(10(2)15(3)14-9)8-13-11-4-6-16-7-5-11/h11,13H,4-8H2,1-3H3. The fourth-order valence-corrected chi connectivity index (χ4v) is 3.33. The Labute approximate surface area is 102 Å². The largest absolute Gasteiger partial charge is 0.310 e. The average Bonchev–Trinajstić information content (AvgIpc) is 2.53. The molecule has 16 heavy (non-hydrogen) atoms. The van der Waals surface area contributed by atoms with Gasteiger partial charge in [-0.15, -0.1) is 0 Å². The molecule has 0 unspecified atom stereocenters. The van der Waals surface area contributed by atoms with Gasteiger partial charge >= 0.3 is 0 Å². The SMILES string of the molecule is Cc1nn(C)c(C)c1CNC1CCSCC1. The molecule has 0 aromatic carbocycles. The Morgan fingerprint density at radius 1 is 1.38 bits per heavy atom. The van der Waals surface area contributed by atoms with Crippen LogP contribution in [0.15, 0.2) is 0 Å². The molecule has 2 rings (SSSR count). The van der Waals surface area contributed by atoms with Gasteiger partial charge < -0.3 is 5.32 Å². The van der Waals surface area contributed by atoms with Crippen molar-refractivity contribution in [3.63, 3.8) is 0 Å². The van der Waals surface area contributed by atoms with E-state index in [4.69, 9.17) is 0 Å². The van der Waals surface area contributed by atoms with Gasteiger partial charge in [0.1, 0.15) is 0 Å². The fraction of sp³-hybridized carbons (Fsp3) is 0.750. The summed E-state index contributed by atoms with van der Waals surface area (Å²) in [5.74, 6) is 2.62. The van der Waals surface area contributed by atoms with E-state index in [0.29, 0.717) is 6.04 Å². The summed E-state index contributed by atoms with van der Waals surface area (Å²) >= 11 is 2.07. The Morgan fingerprint density at radius 2 is 2.06 bits per heavy atom. The Kier molecular flexibility index (Phi) is 3.92. The van der Waals surface area contributed by atoms with Crippen molar-refractivity contribution < 1.29 is 0 Å². The molecule has 1 saturated heterocycles. The topological polar surface area (TPSA) is 29.9 Å². The number of hydrogen-bond acceptors (Lipinski definition) is 3. The molecule has 90 valence electrons. The second-order valence-corrected chi connectivity index (χ2v) is 5.77. The number of rotatable bonds is 3. The Bertz CT molecular complexity index is 353. The molecule has 0 radical (unpaired) electrons. The van der Waals surface area contributed by atoms with Crippen LogP contribution in [0.1, 0.15) is 29.8 Å². The first-order chi connectivity index (χ1) is 7.68. The van der Waals surface area contributed by atoms with Crippen molar-refractivity contribution in [2.45, 2.75) is 39.3 Å². The van der Waals surface area contributed by atoms with Crippen molar-refractivity contribution in [3.8, 4) is 0 Å². The second-order valence-electron chi connectivity index (χ2n) is 4.54. The van der Waals surface area contributed by atoms with Gasteiger partial charge in [0.15, 0.2) is 0 Å². The van der Waals surface area contributed by atoms with Crippen molar-refractivity contribution >= 4 is 11.8 Å². The zero-order valence-corrected chi connectivity index (χ0v) is 11.2. The van der Waals surface area contributed by atoms with E-state index in [-0.39, 0.29) is 0 Å². The van der Waals surface area contributed by atoms with Gasteiger partial charge in [-0.05, 0) is 38.2 Å². The summed E-state index contributed by atoms with van der Waals surface area (Å²) in [6.45, 7) is 5.22. The van der Waals surface area contributed by atoms with Gasteiger partial charge in [0.05, 0.1) is 5.69 Å². The van der Waals surface area contributed by atoms with Crippen molar-refractivity contribution in [3.05, 3.63) is 17.0 Å². The Hall–Kier alpha value is -0.480. The van der Waals surface area contributed by atoms with Crippen LogP contribution in [0.4, 0.5) is 0 Å². The van der Waals surface area contributed by atoms with E-state index in [1.54, 1.807) is 0 Å². The summed E-state index contributed by atoms with van der Waals surface area (Å²) in [7, 11) is 2.02. The highest BCUT2D eigenvalue weighted by molar-refractivity contribution is 7.99. The number of aromatic nitrogens is 2. The van der Waals surface area contributed by atoms with E-state index in [0.717, 1.165) is 12.2 Å². The van der Waals surface area contributed by atoms with E-state index in [1.807, 2.05) is 11.7 Å². The predicted molar refractivity (Wildman–Crippen MR) is 69.9 cm³/mol. The lowest BCUT2D eigenvalue weighted by Crippen LogP contribution is -2.32. The average molecular weight is 239 g/mol. The van der Waals surface area contributed by atoms with Crippen molar-refractivity contribution in [2.24, 2.45) is 7.05 Å². The molecule has 1 aliphatic rings. The molecule has 0 aliphatic carbocycles. The Morgan fingerprint density at radius 3 is 2.62 bits per heavy atom. The number of nitrogens with one attached hydrogen (secondary N) is 1. The summed E-state index contributed by atoms with van der Waals surface area (Å²) in [5.41, 5.74) is 3.83.